The quantitative estimate of drug-likeness (QED) is 0.519. The summed E-state index contributed by atoms with van der Waals surface area (Å²) in [5, 5.41) is 0.719. The van der Waals surface area contributed by atoms with E-state index < -0.39 is 0 Å². The van der Waals surface area contributed by atoms with E-state index in [4.69, 9.17) is 21.6 Å². The van der Waals surface area contributed by atoms with E-state index in [1.165, 1.54) is 5.69 Å². The van der Waals surface area contributed by atoms with Gasteiger partial charge in [0.05, 0.1) is 29.8 Å². The summed E-state index contributed by atoms with van der Waals surface area (Å²) in [6.07, 6.45) is 4.30. The zero-order valence-electron chi connectivity index (χ0n) is 17.1. The minimum Gasteiger partial charge on any atom is -0.298 e. The lowest BCUT2D eigenvalue weighted by molar-refractivity contribution is 0.262. The number of imidazole rings is 1. The average molecular weight is 407 g/mol. The first kappa shape index (κ1) is 19.9. The molecule has 0 N–H and O–H groups in total. The number of benzene rings is 2. The molecule has 0 bridgehead atoms. The van der Waals surface area contributed by atoms with E-state index in [0.29, 0.717) is 6.54 Å². The van der Waals surface area contributed by atoms with Crippen molar-refractivity contribution in [3.8, 4) is 5.69 Å². The van der Waals surface area contributed by atoms with Crippen molar-refractivity contribution in [3.05, 3.63) is 82.4 Å². The maximum absolute atomic E-state index is 6.40. The Morgan fingerprint density at radius 1 is 1.03 bits per heavy atom. The SMILES string of the molecule is CCCN(CCC)Cc1cnc2n1-c1ccc(Cl)cc1C(c1ccccc1)=NC2. The summed E-state index contributed by atoms with van der Waals surface area (Å²) in [5.74, 6) is 0.974. The third-order valence-corrected chi connectivity index (χ3v) is 5.49. The first-order chi connectivity index (χ1) is 14.2. The first-order valence-electron chi connectivity index (χ1n) is 10.4. The molecule has 3 aromatic rings. The topological polar surface area (TPSA) is 33.4 Å². The van der Waals surface area contributed by atoms with Crippen molar-refractivity contribution in [2.75, 3.05) is 13.1 Å². The van der Waals surface area contributed by atoms with Gasteiger partial charge in [-0.2, -0.15) is 0 Å². The average Bonchev–Trinajstić information content (AvgIpc) is 3.04. The number of fused-ring (bicyclic) bond motifs is 3. The van der Waals surface area contributed by atoms with Crippen LogP contribution in [-0.2, 0) is 13.1 Å². The van der Waals surface area contributed by atoms with Crippen molar-refractivity contribution < 1.29 is 0 Å². The van der Waals surface area contributed by atoms with Crippen molar-refractivity contribution in [3.63, 3.8) is 0 Å². The van der Waals surface area contributed by atoms with E-state index in [-0.39, 0.29) is 0 Å². The van der Waals surface area contributed by atoms with Crippen LogP contribution in [0.15, 0.2) is 59.7 Å². The van der Waals surface area contributed by atoms with Crippen molar-refractivity contribution in [2.24, 2.45) is 4.99 Å². The molecule has 2 heterocycles. The third-order valence-electron chi connectivity index (χ3n) is 5.25. The number of aliphatic imine (C=N–C) groups is 1. The molecule has 150 valence electrons. The van der Waals surface area contributed by atoms with Crippen LogP contribution >= 0.6 is 11.6 Å². The second-order valence-corrected chi connectivity index (χ2v) is 7.91. The van der Waals surface area contributed by atoms with E-state index in [9.17, 15) is 0 Å². The monoisotopic (exact) mass is 406 g/mol. The van der Waals surface area contributed by atoms with Crippen LogP contribution in [-0.4, -0.2) is 33.3 Å². The van der Waals surface area contributed by atoms with E-state index >= 15 is 0 Å². The molecule has 0 saturated carbocycles. The first-order valence-corrected chi connectivity index (χ1v) is 10.8. The lowest BCUT2D eigenvalue weighted by atomic mass is 10.0. The van der Waals surface area contributed by atoms with Gasteiger partial charge < -0.3 is 0 Å². The van der Waals surface area contributed by atoms with Gasteiger partial charge in [-0.1, -0.05) is 55.8 Å². The molecular weight excluding hydrogens is 380 g/mol. The number of hydrogen-bond acceptors (Lipinski definition) is 3. The Hall–Kier alpha value is -2.43. The molecule has 0 aliphatic carbocycles. The summed E-state index contributed by atoms with van der Waals surface area (Å²) in [5.41, 5.74) is 5.43. The molecule has 0 amide bonds. The van der Waals surface area contributed by atoms with Gasteiger partial charge >= 0.3 is 0 Å². The second-order valence-electron chi connectivity index (χ2n) is 7.47. The molecule has 4 rings (SSSR count). The smallest absolute Gasteiger partial charge is 0.135 e. The van der Waals surface area contributed by atoms with Crippen LogP contribution < -0.4 is 0 Å². The van der Waals surface area contributed by atoms with E-state index in [0.717, 1.165) is 65.8 Å². The van der Waals surface area contributed by atoms with Gasteiger partial charge in [-0.05, 0) is 44.1 Å². The van der Waals surface area contributed by atoms with Gasteiger partial charge in [0.25, 0.3) is 0 Å². The number of hydrogen-bond donors (Lipinski definition) is 0. The van der Waals surface area contributed by atoms with Crippen molar-refractivity contribution in [2.45, 2.75) is 39.8 Å². The Kier molecular flexibility index (Phi) is 6.12. The molecule has 0 radical (unpaired) electrons. The largest absolute Gasteiger partial charge is 0.298 e. The van der Waals surface area contributed by atoms with Gasteiger partial charge in [0.15, 0.2) is 0 Å². The summed E-state index contributed by atoms with van der Waals surface area (Å²) in [6, 6.07) is 16.4. The summed E-state index contributed by atoms with van der Waals surface area (Å²) in [6.45, 7) is 8.09. The second kappa shape index (κ2) is 8.93. The van der Waals surface area contributed by atoms with Crippen LogP contribution in [0.3, 0.4) is 0 Å². The highest BCUT2D eigenvalue weighted by Gasteiger charge is 2.22. The predicted octanol–water partition coefficient (Wildman–Crippen LogP) is 5.50. The standard InChI is InChI=1S/C24H27ClN4/c1-3-12-28(13-4-2)17-20-15-26-23-16-27-24(18-8-6-5-7-9-18)21-14-19(25)10-11-22(21)29(20)23/h5-11,14-15H,3-4,12-13,16-17H2,1-2H3. The molecule has 0 fully saturated rings. The number of nitrogens with zero attached hydrogens (tertiary/aromatic N) is 4. The molecule has 1 aromatic heterocycles. The summed E-state index contributed by atoms with van der Waals surface area (Å²) in [4.78, 5) is 12.2. The minimum atomic E-state index is 0.554. The lowest BCUT2D eigenvalue weighted by Gasteiger charge is -2.22. The molecular formula is C24H27ClN4. The Morgan fingerprint density at radius 2 is 1.79 bits per heavy atom. The van der Waals surface area contributed by atoms with Crippen molar-refractivity contribution in [1.29, 1.82) is 0 Å². The van der Waals surface area contributed by atoms with Gasteiger partial charge in [-0.25, -0.2) is 4.98 Å². The van der Waals surface area contributed by atoms with Gasteiger partial charge in [-0.15, -0.1) is 0 Å². The number of rotatable bonds is 7. The zero-order chi connectivity index (χ0) is 20.2. The Morgan fingerprint density at radius 3 is 2.52 bits per heavy atom. The number of halogens is 1. The lowest BCUT2D eigenvalue weighted by Crippen LogP contribution is -2.26. The number of aromatic nitrogens is 2. The van der Waals surface area contributed by atoms with Gasteiger partial charge in [0, 0.05) is 22.7 Å². The molecule has 5 heteroatoms. The van der Waals surface area contributed by atoms with Crippen LogP contribution in [0.2, 0.25) is 5.02 Å². The fourth-order valence-corrected chi connectivity index (χ4v) is 4.22. The predicted molar refractivity (Wildman–Crippen MR) is 120 cm³/mol. The zero-order valence-corrected chi connectivity index (χ0v) is 17.9. The normalized spacial score (nSPS) is 13.0. The minimum absolute atomic E-state index is 0.554. The summed E-state index contributed by atoms with van der Waals surface area (Å²) < 4.78 is 2.28. The highest BCUT2D eigenvalue weighted by Crippen LogP contribution is 2.29. The van der Waals surface area contributed by atoms with Crippen molar-refractivity contribution >= 4 is 17.3 Å². The Balaban J connectivity index is 1.80. The van der Waals surface area contributed by atoms with Crippen molar-refractivity contribution in [1.82, 2.24) is 14.5 Å². The molecule has 0 atom stereocenters. The van der Waals surface area contributed by atoms with Crippen LogP contribution in [0.1, 0.15) is 49.3 Å². The highest BCUT2D eigenvalue weighted by atomic mass is 35.5. The van der Waals surface area contributed by atoms with Gasteiger partial charge in [0.1, 0.15) is 5.82 Å². The molecule has 29 heavy (non-hydrogen) atoms. The van der Waals surface area contributed by atoms with Gasteiger partial charge in [0.2, 0.25) is 0 Å². The maximum Gasteiger partial charge on any atom is 0.135 e. The van der Waals surface area contributed by atoms with Crippen LogP contribution in [0.4, 0.5) is 0 Å². The van der Waals surface area contributed by atoms with Crippen LogP contribution in [0.25, 0.3) is 5.69 Å². The third kappa shape index (κ3) is 4.14. The highest BCUT2D eigenvalue weighted by molar-refractivity contribution is 6.31. The summed E-state index contributed by atoms with van der Waals surface area (Å²) in [7, 11) is 0. The molecule has 0 spiro atoms. The fourth-order valence-electron chi connectivity index (χ4n) is 4.05. The van der Waals surface area contributed by atoms with E-state index in [1.807, 2.05) is 36.5 Å². The van der Waals surface area contributed by atoms with Crippen LogP contribution in [0.5, 0.6) is 0 Å². The molecule has 0 saturated heterocycles. The molecule has 1 aliphatic heterocycles. The fraction of sp³-hybridized carbons (Fsp3) is 0.333. The van der Waals surface area contributed by atoms with E-state index in [2.05, 4.69) is 41.5 Å². The summed E-state index contributed by atoms with van der Waals surface area (Å²) >= 11 is 6.40. The van der Waals surface area contributed by atoms with E-state index in [1.54, 1.807) is 0 Å². The Bertz CT molecular complexity index is 1000. The maximum atomic E-state index is 6.40. The molecule has 4 nitrogen and oxygen atoms in total. The van der Waals surface area contributed by atoms with Gasteiger partial charge in [-0.3, -0.25) is 14.5 Å². The molecule has 1 aliphatic rings. The molecule has 0 unspecified atom stereocenters. The molecule has 2 aromatic carbocycles. The Labute approximate surface area is 177 Å². The van der Waals surface area contributed by atoms with Crippen LogP contribution in [0, 0.1) is 0 Å².